The van der Waals surface area contributed by atoms with E-state index in [1.807, 2.05) is 11.6 Å². The van der Waals surface area contributed by atoms with Gasteiger partial charge in [-0.15, -0.1) is 0 Å². The Morgan fingerprint density at radius 3 is 2.00 bits per heavy atom. The summed E-state index contributed by atoms with van der Waals surface area (Å²) in [5, 5.41) is 0. The van der Waals surface area contributed by atoms with Crippen LogP contribution in [0.4, 0.5) is 5.95 Å². The molecule has 0 radical (unpaired) electrons. The normalized spacial score (nSPS) is 11.0. The molecule has 2 aromatic rings. The fourth-order valence-corrected chi connectivity index (χ4v) is 2.97. The molecular formula is C14H18BrN3. The van der Waals surface area contributed by atoms with Crippen LogP contribution in [0.3, 0.4) is 0 Å². The first-order chi connectivity index (χ1) is 8.34. The number of nitrogens with zero attached hydrogens (tertiary/aromatic N) is 2. The molecule has 2 N–H and O–H groups in total. The lowest BCUT2D eigenvalue weighted by molar-refractivity contribution is 0.934. The molecule has 96 valence electrons. The summed E-state index contributed by atoms with van der Waals surface area (Å²) in [5.41, 5.74) is 13.3. The van der Waals surface area contributed by atoms with Gasteiger partial charge >= 0.3 is 0 Å². The van der Waals surface area contributed by atoms with Gasteiger partial charge in [-0.25, -0.2) is 4.98 Å². The number of nitrogen functional groups attached to an aromatic ring is 1. The number of hydrogen-bond donors (Lipinski definition) is 1. The van der Waals surface area contributed by atoms with E-state index in [2.05, 4.69) is 54.7 Å². The van der Waals surface area contributed by atoms with Crippen molar-refractivity contribution >= 4 is 21.9 Å². The molecule has 0 amide bonds. The molecule has 1 heterocycles. The summed E-state index contributed by atoms with van der Waals surface area (Å²) >= 11 is 3.51. The van der Waals surface area contributed by atoms with Crippen molar-refractivity contribution in [3.63, 3.8) is 0 Å². The maximum atomic E-state index is 5.88. The van der Waals surface area contributed by atoms with Crippen molar-refractivity contribution in [2.75, 3.05) is 5.73 Å². The van der Waals surface area contributed by atoms with Gasteiger partial charge in [0.15, 0.2) is 0 Å². The fourth-order valence-electron chi connectivity index (χ4n) is 2.32. The van der Waals surface area contributed by atoms with E-state index >= 15 is 0 Å². The monoisotopic (exact) mass is 307 g/mol. The second-order valence-corrected chi connectivity index (χ2v) is 5.55. The van der Waals surface area contributed by atoms with Gasteiger partial charge in [0.1, 0.15) is 4.60 Å². The van der Waals surface area contributed by atoms with E-state index in [1.54, 1.807) is 0 Å². The maximum Gasteiger partial charge on any atom is 0.201 e. The summed E-state index contributed by atoms with van der Waals surface area (Å²) in [4.78, 5) is 4.29. The Balaban J connectivity index is 2.87. The number of hydrogen-bond acceptors (Lipinski definition) is 2. The number of anilines is 1. The molecule has 0 bridgehead atoms. The Morgan fingerprint density at radius 1 is 1.11 bits per heavy atom. The lowest BCUT2D eigenvalue weighted by atomic mass is 9.92. The van der Waals surface area contributed by atoms with E-state index in [-0.39, 0.29) is 0 Å². The molecular weight excluding hydrogens is 290 g/mol. The average Bonchev–Trinajstić information content (AvgIpc) is 2.53. The first-order valence-electron chi connectivity index (χ1n) is 5.90. The van der Waals surface area contributed by atoms with Gasteiger partial charge in [0.25, 0.3) is 0 Å². The van der Waals surface area contributed by atoms with Crippen molar-refractivity contribution in [3.05, 3.63) is 32.9 Å². The fraction of sp³-hybridized carbons (Fsp3) is 0.357. The number of nitrogens with two attached hydrogens (primary N) is 1. The first-order valence-corrected chi connectivity index (χ1v) is 6.69. The molecule has 0 atom stereocenters. The van der Waals surface area contributed by atoms with Gasteiger partial charge in [-0.3, -0.25) is 0 Å². The van der Waals surface area contributed by atoms with Crippen LogP contribution in [0.2, 0.25) is 0 Å². The number of aromatic nitrogens is 2. The number of benzene rings is 1. The zero-order valence-electron chi connectivity index (χ0n) is 11.4. The Labute approximate surface area is 116 Å². The molecule has 1 aromatic heterocycles. The molecule has 18 heavy (non-hydrogen) atoms. The van der Waals surface area contributed by atoms with Crippen LogP contribution in [-0.2, 0) is 7.05 Å². The Bertz CT molecular complexity index is 600. The number of aryl methyl sites for hydroxylation is 2. The molecule has 2 rings (SSSR count). The van der Waals surface area contributed by atoms with Crippen LogP contribution in [0.25, 0.3) is 11.3 Å². The van der Waals surface area contributed by atoms with Crippen molar-refractivity contribution in [1.82, 2.24) is 9.55 Å². The highest BCUT2D eigenvalue weighted by Crippen LogP contribution is 2.36. The highest BCUT2D eigenvalue weighted by atomic mass is 79.9. The van der Waals surface area contributed by atoms with Gasteiger partial charge < -0.3 is 10.3 Å². The molecule has 0 aliphatic rings. The van der Waals surface area contributed by atoms with Gasteiger partial charge in [-0.2, -0.15) is 0 Å². The predicted molar refractivity (Wildman–Crippen MR) is 79.7 cm³/mol. The standard InChI is InChI=1S/C14H18BrN3/c1-7-6-8(2)10(4)11(9(7)3)12-13(15)17-14(16)18(12)5/h6H,1-5H3,(H2,16,17). The zero-order valence-corrected chi connectivity index (χ0v) is 13.0. The Kier molecular flexibility index (Phi) is 3.23. The van der Waals surface area contributed by atoms with E-state index in [0.29, 0.717) is 5.95 Å². The van der Waals surface area contributed by atoms with Gasteiger partial charge in [0, 0.05) is 12.6 Å². The first kappa shape index (κ1) is 13.1. The third kappa shape index (κ3) is 1.85. The van der Waals surface area contributed by atoms with Crippen LogP contribution in [0.1, 0.15) is 22.3 Å². The molecule has 0 aliphatic carbocycles. The largest absolute Gasteiger partial charge is 0.369 e. The van der Waals surface area contributed by atoms with Gasteiger partial charge in [-0.05, 0) is 65.9 Å². The quantitative estimate of drug-likeness (QED) is 0.873. The minimum atomic E-state index is 0.523. The lowest BCUT2D eigenvalue weighted by Gasteiger charge is -2.16. The molecule has 0 spiro atoms. The van der Waals surface area contributed by atoms with E-state index in [4.69, 9.17) is 5.73 Å². The van der Waals surface area contributed by atoms with Crippen molar-refractivity contribution in [2.24, 2.45) is 7.05 Å². The zero-order chi connectivity index (χ0) is 13.6. The van der Waals surface area contributed by atoms with E-state index in [1.165, 1.54) is 27.8 Å². The highest BCUT2D eigenvalue weighted by molar-refractivity contribution is 9.10. The van der Waals surface area contributed by atoms with Gasteiger partial charge in [0.2, 0.25) is 5.95 Å². The third-order valence-corrected chi connectivity index (χ3v) is 4.24. The maximum absolute atomic E-state index is 5.88. The summed E-state index contributed by atoms with van der Waals surface area (Å²) in [5.74, 6) is 0.523. The summed E-state index contributed by atoms with van der Waals surface area (Å²) < 4.78 is 2.73. The van der Waals surface area contributed by atoms with Crippen molar-refractivity contribution in [3.8, 4) is 11.3 Å². The van der Waals surface area contributed by atoms with Crippen LogP contribution in [0, 0.1) is 27.7 Å². The van der Waals surface area contributed by atoms with E-state index in [9.17, 15) is 0 Å². The van der Waals surface area contributed by atoms with E-state index < -0.39 is 0 Å². The third-order valence-electron chi connectivity index (χ3n) is 3.69. The summed E-state index contributed by atoms with van der Waals surface area (Å²) in [7, 11) is 1.94. The lowest BCUT2D eigenvalue weighted by Crippen LogP contribution is -2.02. The number of rotatable bonds is 1. The van der Waals surface area contributed by atoms with Crippen molar-refractivity contribution < 1.29 is 0 Å². The van der Waals surface area contributed by atoms with Gasteiger partial charge in [0.05, 0.1) is 5.69 Å². The molecule has 0 aliphatic heterocycles. The summed E-state index contributed by atoms with van der Waals surface area (Å²) in [6.45, 7) is 8.57. The topological polar surface area (TPSA) is 43.8 Å². The SMILES string of the molecule is Cc1cc(C)c(C)c(-c2c(Br)nc(N)n2C)c1C. The molecule has 1 aromatic carbocycles. The van der Waals surface area contributed by atoms with Crippen LogP contribution in [0.15, 0.2) is 10.7 Å². The summed E-state index contributed by atoms with van der Waals surface area (Å²) in [6, 6.07) is 2.22. The Hall–Kier alpha value is -1.29. The number of halogens is 1. The van der Waals surface area contributed by atoms with E-state index in [0.717, 1.165) is 10.3 Å². The van der Waals surface area contributed by atoms with Crippen molar-refractivity contribution in [1.29, 1.82) is 0 Å². The summed E-state index contributed by atoms with van der Waals surface area (Å²) in [6.07, 6.45) is 0. The molecule has 0 saturated heterocycles. The molecule has 3 nitrogen and oxygen atoms in total. The van der Waals surface area contributed by atoms with Gasteiger partial charge in [-0.1, -0.05) is 6.07 Å². The van der Waals surface area contributed by atoms with Crippen LogP contribution in [-0.4, -0.2) is 9.55 Å². The predicted octanol–water partition coefficient (Wildman–Crippen LogP) is 3.67. The Morgan fingerprint density at radius 2 is 1.61 bits per heavy atom. The second-order valence-electron chi connectivity index (χ2n) is 4.80. The minimum absolute atomic E-state index is 0.523. The van der Waals surface area contributed by atoms with Crippen LogP contribution >= 0.6 is 15.9 Å². The van der Waals surface area contributed by atoms with Crippen LogP contribution < -0.4 is 5.73 Å². The second kappa shape index (κ2) is 4.43. The number of imidazole rings is 1. The molecule has 0 unspecified atom stereocenters. The molecule has 4 heteroatoms. The van der Waals surface area contributed by atoms with Crippen molar-refractivity contribution in [2.45, 2.75) is 27.7 Å². The molecule has 0 fully saturated rings. The highest BCUT2D eigenvalue weighted by Gasteiger charge is 2.18. The average molecular weight is 308 g/mol. The smallest absolute Gasteiger partial charge is 0.201 e. The van der Waals surface area contributed by atoms with Crippen LogP contribution in [0.5, 0.6) is 0 Å². The minimum Gasteiger partial charge on any atom is -0.369 e. The molecule has 0 saturated carbocycles.